The molecular weight excluding hydrogens is 428 g/mol. The summed E-state index contributed by atoms with van der Waals surface area (Å²) in [5.74, 6) is -2.66. The number of carbonyl (C=O) groups excluding carboxylic acids is 2. The maximum atomic E-state index is 14.3. The van der Waals surface area contributed by atoms with Gasteiger partial charge in [-0.25, -0.2) is 17.2 Å². The highest BCUT2D eigenvalue weighted by atomic mass is 32.2. The third-order valence-corrected chi connectivity index (χ3v) is 5.74. The number of nitrogens with one attached hydrogen (secondary N) is 1. The van der Waals surface area contributed by atoms with Gasteiger partial charge in [0.05, 0.1) is 11.9 Å². The van der Waals surface area contributed by atoms with E-state index < -0.39 is 46.1 Å². The number of nitrogens with zero attached hydrogens (tertiary/aromatic N) is 2. The minimum absolute atomic E-state index is 0.156. The molecule has 31 heavy (non-hydrogen) atoms. The number of benzene rings is 2. The zero-order chi connectivity index (χ0) is 23.2. The molecule has 0 fully saturated rings. The van der Waals surface area contributed by atoms with Crippen LogP contribution in [0.4, 0.5) is 14.5 Å². The predicted octanol–water partition coefficient (Wildman–Crippen LogP) is 2.28. The number of hydrogen-bond acceptors (Lipinski definition) is 4. The molecule has 2 aromatic rings. The summed E-state index contributed by atoms with van der Waals surface area (Å²) in [6, 6.07) is 9.88. The Morgan fingerprint density at radius 1 is 1.03 bits per heavy atom. The average Bonchev–Trinajstić information content (AvgIpc) is 2.71. The molecule has 2 rings (SSSR count). The van der Waals surface area contributed by atoms with Crippen LogP contribution in [-0.4, -0.2) is 50.5 Å². The molecule has 1 N–H and O–H groups in total. The van der Waals surface area contributed by atoms with Crippen molar-refractivity contribution in [1.29, 1.82) is 0 Å². The smallest absolute Gasteiger partial charge is 0.244 e. The van der Waals surface area contributed by atoms with E-state index in [-0.39, 0.29) is 17.8 Å². The van der Waals surface area contributed by atoms with Crippen molar-refractivity contribution in [3.05, 3.63) is 65.7 Å². The van der Waals surface area contributed by atoms with E-state index in [1.54, 1.807) is 13.0 Å². The molecule has 0 aliphatic heterocycles. The first-order valence-electron chi connectivity index (χ1n) is 9.59. The van der Waals surface area contributed by atoms with Crippen molar-refractivity contribution in [1.82, 2.24) is 10.2 Å². The van der Waals surface area contributed by atoms with Crippen LogP contribution < -0.4 is 9.62 Å². The SMILES string of the molecule is CCNC(=O)C(C)N(Cc1ccccc1F)C(=O)CN(c1ccccc1F)S(C)(=O)=O. The van der Waals surface area contributed by atoms with Crippen molar-refractivity contribution in [3.63, 3.8) is 0 Å². The summed E-state index contributed by atoms with van der Waals surface area (Å²) in [5.41, 5.74) is -0.140. The third-order valence-electron chi connectivity index (χ3n) is 4.62. The second-order valence-corrected chi connectivity index (χ2v) is 8.81. The molecule has 0 heterocycles. The van der Waals surface area contributed by atoms with Crippen LogP contribution in [0, 0.1) is 11.6 Å². The lowest BCUT2D eigenvalue weighted by atomic mass is 10.1. The normalized spacial score (nSPS) is 12.2. The van der Waals surface area contributed by atoms with Crippen molar-refractivity contribution in [2.75, 3.05) is 23.7 Å². The molecule has 0 saturated heterocycles. The number of para-hydroxylation sites is 1. The van der Waals surface area contributed by atoms with Gasteiger partial charge in [0.15, 0.2) is 0 Å². The molecule has 7 nitrogen and oxygen atoms in total. The van der Waals surface area contributed by atoms with Crippen LogP contribution in [0.25, 0.3) is 0 Å². The second-order valence-electron chi connectivity index (χ2n) is 6.90. The molecule has 0 aliphatic carbocycles. The van der Waals surface area contributed by atoms with Crippen molar-refractivity contribution < 1.29 is 26.8 Å². The third kappa shape index (κ3) is 6.24. The number of anilines is 1. The zero-order valence-electron chi connectivity index (χ0n) is 17.5. The highest BCUT2D eigenvalue weighted by molar-refractivity contribution is 7.92. The van der Waals surface area contributed by atoms with E-state index in [4.69, 9.17) is 0 Å². The maximum absolute atomic E-state index is 14.3. The lowest BCUT2D eigenvalue weighted by Crippen LogP contribution is -2.51. The number of carbonyl (C=O) groups is 2. The molecule has 0 bridgehead atoms. The van der Waals surface area contributed by atoms with Gasteiger partial charge in [-0.2, -0.15) is 0 Å². The van der Waals surface area contributed by atoms with Crippen LogP contribution in [-0.2, 0) is 26.2 Å². The van der Waals surface area contributed by atoms with Crippen molar-refractivity contribution in [3.8, 4) is 0 Å². The summed E-state index contributed by atoms with van der Waals surface area (Å²) >= 11 is 0. The fourth-order valence-corrected chi connectivity index (χ4v) is 3.81. The molecule has 0 aromatic heterocycles. The van der Waals surface area contributed by atoms with Crippen LogP contribution in [0.3, 0.4) is 0 Å². The topological polar surface area (TPSA) is 86.8 Å². The molecule has 1 atom stereocenters. The quantitative estimate of drug-likeness (QED) is 0.631. The Labute approximate surface area is 180 Å². The number of likely N-dealkylation sites (N-methyl/N-ethyl adjacent to an activating group) is 1. The molecule has 168 valence electrons. The molecule has 0 spiro atoms. The summed E-state index contributed by atoms with van der Waals surface area (Å²) < 4.78 is 53.7. The summed E-state index contributed by atoms with van der Waals surface area (Å²) in [7, 11) is -4.04. The van der Waals surface area contributed by atoms with Gasteiger partial charge >= 0.3 is 0 Å². The Hall–Kier alpha value is -3.01. The van der Waals surface area contributed by atoms with E-state index in [2.05, 4.69) is 5.32 Å². The van der Waals surface area contributed by atoms with Gasteiger partial charge in [0.25, 0.3) is 0 Å². The molecule has 0 aliphatic rings. The van der Waals surface area contributed by atoms with E-state index in [1.807, 2.05) is 0 Å². The molecule has 2 amide bonds. The molecular formula is C21H25F2N3O4S. The molecule has 0 saturated carbocycles. The van der Waals surface area contributed by atoms with E-state index in [9.17, 15) is 26.8 Å². The van der Waals surface area contributed by atoms with Gasteiger partial charge < -0.3 is 10.2 Å². The van der Waals surface area contributed by atoms with E-state index in [0.717, 1.165) is 17.2 Å². The monoisotopic (exact) mass is 453 g/mol. The fourth-order valence-electron chi connectivity index (χ4n) is 2.96. The van der Waals surface area contributed by atoms with Gasteiger partial charge in [-0.1, -0.05) is 30.3 Å². The largest absolute Gasteiger partial charge is 0.355 e. The lowest BCUT2D eigenvalue weighted by Gasteiger charge is -2.31. The standard InChI is InChI=1S/C21H25F2N3O4S/c1-4-24-21(28)15(2)25(13-16-9-5-6-10-17(16)22)20(27)14-26(31(3,29)30)19-12-8-7-11-18(19)23/h5-12,15H,4,13-14H2,1-3H3,(H,24,28). The van der Waals surface area contributed by atoms with E-state index in [1.165, 1.54) is 43.3 Å². The Morgan fingerprint density at radius 2 is 1.61 bits per heavy atom. The lowest BCUT2D eigenvalue weighted by molar-refractivity contribution is -0.139. The number of rotatable bonds is 9. The fraction of sp³-hybridized carbons (Fsp3) is 0.333. The number of amides is 2. The van der Waals surface area contributed by atoms with E-state index >= 15 is 0 Å². The Kier molecular flexibility index (Phi) is 8.09. The van der Waals surface area contributed by atoms with Crippen LogP contribution in [0.2, 0.25) is 0 Å². The van der Waals surface area contributed by atoms with Crippen molar-refractivity contribution in [2.45, 2.75) is 26.4 Å². The van der Waals surface area contributed by atoms with E-state index in [0.29, 0.717) is 10.8 Å². The Balaban J connectivity index is 2.41. The Morgan fingerprint density at radius 3 is 2.16 bits per heavy atom. The van der Waals surface area contributed by atoms with Gasteiger partial charge in [0.1, 0.15) is 24.2 Å². The first-order chi connectivity index (χ1) is 14.6. The van der Waals surface area contributed by atoms with Gasteiger partial charge in [-0.15, -0.1) is 0 Å². The number of sulfonamides is 1. The van der Waals surface area contributed by atoms with Gasteiger partial charge in [0, 0.05) is 18.7 Å². The first-order valence-corrected chi connectivity index (χ1v) is 11.4. The summed E-state index contributed by atoms with van der Waals surface area (Å²) in [5, 5.41) is 2.59. The summed E-state index contributed by atoms with van der Waals surface area (Å²) in [6.07, 6.45) is 0.848. The molecule has 10 heteroatoms. The first kappa shape index (κ1) is 24.3. The molecule has 2 aromatic carbocycles. The van der Waals surface area contributed by atoms with Crippen LogP contribution in [0.5, 0.6) is 0 Å². The second kappa shape index (κ2) is 10.3. The average molecular weight is 454 g/mol. The van der Waals surface area contributed by atoms with Gasteiger partial charge in [-0.05, 0) is 32.0 Å². The van der Waals surface area contributed by atoms with Crippen LogP contribution in [0.1, 0.15) is 19.4 Å². The Bertz CT molecular complexity index is 1050. The predicted molar refractivity (Wildman–Crippen MR) is 114 cm³/mol. The van der Waals surface area contributed by atoms with Crippen LogP contribution >= 0.6 is 0 Å². The number of halogens is 2. The maximum Gasteiger partial charge on any atom is 0.244 e. The minimum Gasteiger partial charge on any atom is -0.355 e. The van der Waals surface area contributed by atoms with Crippen molar-refractivity contribution >= 4 is 27.5 Å². The summed E-state index contributed by atoms with van der Waals surface area (Å²) in [4.78, 5) is 26.6. The highest BCUT2D eigenvalue weighted by Crippen LogP contribution is 2.22. The number of hydrogen-bond donors (Lipinski definition) is 1. The van der Waals surface area contributed by atoms with Gasteiger partial charge in [-0.3, -0.25) is 13.9 Å². The zero-order valence-corrected chi connectivity index (χ0v) is 18.3. The van der Waals surface area contributed by atoms with Crippen LogP contribution in [0.15, 0.2) is 48.5 Å². The highest BCUT2D eigenvalue weighted by Gasteiger charge is 2.31. The van der Waals surface area contributed by atoms with Crippen molar-refractivity contribution in [2.24, 2.45) is 0 Å². The molecule has 0 radical (unpaired) electrons. The van der Waals surface area contributed by atoms with Gasteiger partial charge in [0.2, 0.25) is 21.8 Å². The molecule has 1 unspecified atom stereocenters. The minimum atomic E-state index is -4.04. The summed E-state index contributed by atoms with van der Waals surface area (Å²) in [6.45, 7) is 2.46.